The number of carbonyl (C=O) groups is 1. The molecule has 1 N–H and O–H groups in total. The predicted octanol–water partition coefficient (Wildman–Crippen LogP) is 0.828. The van der Waals surface area contributed by atoms with E-state index in [4.69, 9.17) is 5.11 Å². The van der Waals surface area contributed by atoms with E-state index in [9.17, 15) is 4.79 Å². The summed E-state index contributed by atoms with van der Waals surface area (Å²) in [5, 5.41) is 8.49. The van der Waals surface area contributed by atoms with E-state index in [1.165, 1.54) is 0 Å². The molecule has 0 spiro atoms. The van der Waals surface area contributed by atoms with Crippen molar-refractivity contribution in [3.63, 3.8) is 0 Å². The topological polar surface area (TPSA) is 40.5 Å². The highest BCUT2D eigenvalue weighted by molar-refractivity contribution is 14.1. The van der Waals surface area contributed by atoms with Gasteiger partial charge >= 0.3 is 5.97 Å². The van der Waals surface area contributed by atoms with Crippen molar-refractivity contribution in [1.82, 2.24) is 4.90 Å². The van der Waals surface area contributed by atoms with E-state index in [-0.39, 0.29) is 6.54 Å². The fourth-order valence-corrected chi connectivity index (χ4v) is 2.09. The Morgan fingerprint density at radius 3 is 2.91 bits per heavy atom. The van der Waals surface area contributed by atoms with Gasteiger partial charge in [0.05, 0.1) is 6.54 Å². The third kappa shape index (κ3) is 2.94. The van der Waals surface area contributed by atoms with Crippen LogP contribution in [0, 0.1) is 5.92 Å². The Balaban J connectivity index is 2.24. The molecular formula is C7H12INO2. The number of alkyl halides is 1. The van der Waals surface area contributed by atoms with Crippen LogP contribution in [0.15, 0.2) is 0 Å². The monoisotopic (exact) mass is 269 g/mol. The number of hydrogen-bond acceptors (Lipinski definition) is 2. The molecule has 4 heteroatoms. The molecule has 1 rings (SSSR count). The Bertz CT molecular complexity index is 151. The molecule has 0 aromatic rings. The van der Waals surface area contributed by atoms with Crippen LogP contribution in [-0.4, -0.2) is 40.0 Å². The Morgan fingerprint density at radius 1 is 1.73 bits per heavy atom. The first kappa shape index (κ1) is 9.25. The lowest BCUT2D eigenvalue weighted by molar-refractivity contribution is -0.138. The third-order valence-corrected chi connectivity index (χ3v) is 3.19. The van der Waals surface area contributed by atoms with E-state index in [2.05, 4.69) is 22.6 Å². The molecule has 1 fully saturated rings. The van der Waals surface area contributed by atoms with Crippen molar-refractivity contribution in [2.45, 2.75) is 6.42 Å². The summed E-state index contributed by atoms with van der Waals surface area (Å²) in [6.45, 7) is 2.14. The highest BCUT2D eigenvalue weighted by Crippen LogP contribution is 2.17. The molecule has 1 atom stereocenters. The van der Waals surface area contributed by atoms with Gasteiger partial charge in [-0.15, -0.1) is 0 Å². The molecule has 0 saturated carbocycles. The van der Waals surface area contributed by atoms with Gasteiger partial charge < -0.3 is 5.11 Å². The summed E-state index contributed by atoms with van der Waals surface area (Å²) in [5.74, 6) is 0.00839. The molecule has 1 aliphatic heterocycles. The first-order chi connectivity index (χ1) is 5.22. The van der Waals surface area contributed by atoms with Gasteiger partial charge in [0.25, 0.3) is 0 Å². The summed E-state index contributed by atoms with van der Waals surface area (Å²) < 4.78 is 1.15. The van der Waals surface area contributed by atoms with Crippen LogP contribution in [0.2, 0.25) is 0 Å². The molecule has 0 aromatic heterocycles. The second-order valence-corrected chi connectivity index (χ2v) is 3.82. The second-order valence-electron chi connectivity index (χ2n) is 2.94. The lowest BCUT2D eigenvalue weighted by Crippen LogP contribution is -2.27. The van der Waals surface area contributed by atoms with Crippen molar-refractivity contribution in [1.29, 1.82) is 0 Å². The predicted molar refractivity (Wildman–Crippen MR) is 51.1 cm³/mol. The number of hydrogen-bond donors (Lipinski definition) is 1. The largest absolute Gasteiger partial charge is 0.480 e. The van der Waals surface area contributed by atoms with Gasteiger partial charge in [-0.25, -0.2) is 0 Å². The molecule has 0 bridgehead atoms. The zero-order chi connectivity index (χ0) is 8.27. The molecule has 1 heterocycles. The van der Waals surface area contributed by atoms with Crippen LogP contribution in [0.5, 0.6) is 0 Å². The number of nitrogens with zero attached hydrogens (tertiary/aromatic N) is 1. The number of carboxylic acids is 1. The van der Waals surface area contributed by atoms with Gasteiger partial charge in [-0.2, -0.15) is 0 Å². The SMILES string of the molecule is O=C(O)CN1CC[C@H](CI)C1. The van der Waals surface area contributed by atoms with Crippen molar-refractivity contribution in [3.05, 3.63) is 0 Å². The van der Waals surface area contributed by atoms with Crippen molar-refractivity contribution in [2.75, 3.05) is 24.1 Å². The second kappa shape index (κ2) is 4.25. The maximum atomic E-state index is 10.3. The molecule has 0 amide bonds. The van der Waals surface area contributed by atoms with Crippen molar-refractivity contribution < 1.29 is 9.90 Å². The minimum Gasteiger partial charge on any atom is -0.480 e. The van der Waals surface area contributed by atoms with Crippen LogP contribution in [-0.2, 0) is 4.79 Å². The van der Waals surface area contributed by atoms with Gasteiger partial charge in [0.2, 0.25) is 0 Å². The zero-order valence-electron chi connectivity index (χ0n) is 6.29. The van der Waals surface area contributed by atoms with Crippen LogP contribution >= 0.6 is 22.6 Å². The smallest absolute Gasteiger partial charge is 0.317 e. The van der Waals surface area contributed by atoms with Gasteiger partial charge in [0.1, 0.15) is 0 Å². The highest BCUT2D eigenvalue weighted by atomic mass is 127. The summed E-state index contributed by atoms with van der Waals surface area (Å²) in [6.07, 6.45) is 1.16. The Labute approximate surface area is 79.9 Å². The van der Waals surface area contributed by atoms with Gasteiger partial charge in [-0.3, -0.25) is 9.69 Å². The number of carboxylic acid groups (broad SMARTS) is 1. The van der Waals surface area contributed by atoms with Gasteiger partial charge in [-0.05, 0) is 18.9 Å². The van der Waals surface area contributed by atoms with E-state index < -0.39 is 5.97 Å². The zero-order valence-corrected chi connectivity index (χ0v) is 8.45. The molecular weight excluding hydrogens is 257 g/mol. The van der Waals surface area contributed by atoms with Crippen LogP contribution in [0.4, 0.5) is 0 Å². The van der Waals surface area contributed by atoms with Crippen molar-refractivity contribution in [2.24, 2.45) is 5.92 Å². The lowest BCUT2D eigenvalue weighted by Gasteiger charge is -2.11. The number of aliphatic carboxylic acids is 1. The summed E-state index contributed by atoms with van der Waals surface area (Å²) in [7, 11) is 0. The molecule has 0 unspecified atom stereocenters. The molecule has 11 heavy (non-hydrogen) atoms. The van der Waals surface area contributed by atoms with E-state index in [1.807, 2.05) is 4.90 Å². The number of halogens is 1. The lowest BCUT2D eigenvalue weighted by atomic mass is 10.2. The van der Waals surface area contributed by atoms with Gasteiger partial charge in [0, 0.05) is 11.0 Å². The summed E-state index contributed by atoms with van der Waals surface area (Å²) in [5.41, 5.74) is 0. The summed E-state index contributed by atoms with van der Waals surface area (Å²) in [6, 6.07) is 0. The Morgan fingerprint density at radius 2 is 2.45 bits per heavy atom. The highest BCUT2D eigenvalue weighted by Gasteiger charge is 2.22. The Hall–Kier alpha value is 0.160. The molecule has 0 aliphatic carbocycles. The van der Waals surface area contributed by atoms with E-state index in [0.717, 1.165) is 29.9 Å². The standard InChI is InChI=1S/C7H12INO2/c8-3-6-1-2-9(4-6)5-7(10)11/h6H,1-5H2,(H,10,11)/t6-/m1/s1. The molecule has 0 radical (unpaired) electrons. The maximum absolute atomic E-state index is 10.3. The van der Waals surface area contributed by atoms with Crippen molar-refractivity contribution >= 4 is 28.6 Å². The normalized spacial score (nSPS) is 25.7. The minimum absolute atomic E-state index is 0.215. The van der Waals surface area contributed by atoms with Gasteiger partial charge in [-0.1, -0.05) is 22.6 Å². The number of rotatable bonds is 3. The van der Waals surface area contributed by atoms with Crippen LogP contribution in [0.1, 0.15) is 6.42 Å². The Kier molecular flexibility index (Phi) is 3.58. The van der Waals surface area contributed by atoms with E-state index in [1.54, 1.807) is 0 Å². The molecule has 0 aromatic carbocycles. The van der Waals surface area contributed by atoms with E-state index in [0.29, 0.717) is 0 Å². The minimum atomic E-state index is -0.709. The first-order valence-electron chi connectivity index (χ1n) is 3.72. The van der Waals surface area contributed by atoms with E-state index >= 15 is 0 Å². The average molecular weight is 269 g/mol. The molecule has 64 valence electrons. The molecule has 1 saturated heterocycles. The fraction of sp³-hybridized carbons (Fsp3) is 0.857. The average Bonchev–Trinajstić information content (AvgIpc) is 2.34. The van der Waals surface area contributed by atoms with Gasteiger partial charge in [0.15, 0.2) is 0 Å². The quantitative estimate of drug-likeness (QED) is 0.609. The number of likely N-dealkylation sites (tertiary alicyclic amines) is 1. The fourth-order valence-electron chi connectivity index (χ4n) is 1.37. The third-order valence-electron chi connectivity index (χ3n) is 1.95. The maximum Gasteiger partial charge on any atom is 0.317 e. The molecule has 1 aliphatic rings. The van der Waals surface area contributed by atoms with Crippen LogP contribution < -0.4 is 0 Å². The first-order valence-corrected chi connectivity index (χ1v) is 5.25. The van der Waals surface area contributed by atoms with Crippen LogP contribution in [0.3, 0.4) is 0 Å². The summed E-state index contributed by atoms with van der Waals surface area (Å²) in [4.78, 5) is 12.3. The van der Waals surface area contributed by atoms with Crippen LogP contribution in [0.25, 0.3) is 0 Å². The molecule has 3 nitrogen and oxygen atoms in total. The van der Waals surface area contributed by atoms with Crippen molar-refractivity contribution in [3.8, 4) is 0 Å². The summed E-state index contributed by atoms with van der Waals surface area (Å²) >= 11 is 2.36.